The highest BCUT2D eigenvalue weighted by atomic mass is 19.1. The van der Waals surface area contributed by atoms with Gasteiger partial charge in [-0.25, -0.2) is 13.8 Å². The van der Waals surface area contributed by atoms with Gasteiger partial charge in [0.05, 0.1) is 24.2 Å². The van der Waals surface area contributed by atoms with Crippen LogP contribution in [0.25, 0.3) is 11.1 Å². The Bertz CT molecular complexity index is 1870. The lowest BCUT2D eigenvalue weighted by atomic mass is 9.85. The predicted molar refractivity (Wildman–Crippen MR) is 200 cm³/mol. The number of carbonyl (C=O) groups is 2. The number of halogens is 2. The summed E-state index contributed by atoms with van der Waals surface area (Å²) < 4.78 is 34.8. The summed E-state index contributed by atoms with van der Waals surface area (Å²) in [6, 6.07) is 18.6. The summed E-state index contributed by atoms with van der Waals surface area (Å²) >= 11 is 0. The van der Waals surface area contributed by atoms with Crippen LogP contribution in [0, 0.1) is 23.0 Å². The number of hydrogen-bond donors (Lipinski definition) is 5. The number of amides is 2. The average molecular weight is 730 g/mol. The highest BCUT2D eigenvalue weighted by Crippen LogP contribution is 2.34. The quantitative estimate of drug-likeness (QED) is 0.133. The molecule has 282 valence electrons. The SMILES string of the molecule is CN(C)c1ccc(-c2ccc(CC(NC(=O)C(N)C(C)(C)C)C(O)CC(Cc3ccccc3F)C(=O)NC3c4cc(F)ccc4OCC3O)cc2)cn1. The number of carbonyl (C=O) groups excluding carboxylic acids is 2. The zero-order chi connectivity index (χ0) is 38.4. The zero-order valence-electron chi connectivity index (χ0n) is 30.7. The number of fused-ring (bicyclic) bond motifs is 1. The van der Waals surface area contributed by atoms with Crippen molar-refractivity contribution in [2.75, 3.05) is 25.6 Å². The van der Waals surface area contributed by atoms with Crippen molar-refractivity contribution in [1.29, 1.82) is 0 Å². The Morgan fingerprint density at radius 1 is 0.981 bits per heavy atom. The largest absolute Gasteiger partial charge is 0.490 e. The van der Waals surface area contributed by atoms with Crippen LogP contribution in [0.2, 0.25) is 0 Å². The average Bonchev–Trinajstić information content (AvgIpc) is 3.12. The van der Waals surface area contributed by atoms with E-state index in [4.69, 9.17) is 10.5 Å². The third-order valence-electron chi connectivity index (χ3n) is 9.68. The van der Waals surface area contributed by atoms with Crippen molar-refractivity contribution >= 4 is 17.6 Å². The number of aliphatic hydroxyl groups is 2. The Morgan fingerprint density at radius 3 is 2.32 bits per heavy atom. The van der Waals surface area contributed by atoms with Crippen LogP contribution < -0.4 is 26.0 Å². The van der Waals surface area contributed by atoms with Gasteiger partial charge < -0.3 is 36.2 Å². The van der Waals surface area contributed by atoms with E-state index in [0.717, 1.165) is 22.5 Å². The number of nitrogens with zero attached hydrogens (tertiary/aromatic N) is 2. The maximum Gasteiger partial charge on any atom is 0.237 e. The van der Waals surface area contributed by atoms with Gasteiger partial charge in [-0.05, 0) is 77.8 Å². The number of nitrogens with one attached hydrogen (secondary N) is 2. The highest BCUT2D eigenvalue weighted by molar-refractivity contribution is 5.83. The Labute approximate surface area is 309 Å². The normalized spacial score (nSPS) is 17.8. The second-order valence-corrected chi connectivity index (χ2v) is 15.0. The second kappa shape index (κ2) is 16.8. The molecule has 1 aromatic heterocycles. The fourth-order valence-corrected chi connectivity index (χ4v) is 6.34. The number of benzene rings is 3. The van der Waals surface area contributed by atoms with Crippen molar-refractivity contribution in [3.05, 3.63) is 113 Å². The summed E-state index contributed by atoms with van der Waals surface area (Å²) in [5.41, 5.74) is 8.90. The number of hydrogen-bond acceptors (Lipinski definition) is 8. The van der Waals surface area contributed by atoms with Crippen molar-refractivity contribution < 1.29 is 33.3 Å². The molecular formula is C41H49F2N5O5. The number of anilines is 1. The van der Waals surface area contributed by atoms with Crippen LogP contribution >= 0.6 is 0 Å². The molecule has 12 heteroatoms. The maximum atomic E-state index is 15.0. The number of rotatable bonds is 13. The molecule has 6 atom stereocenters. The minimum absolute atomic E-state index is 0.0948. The highest BCUT2D eigenvalue weighted by Gasteiger charge is 2.36. The fourth-order valence-electron chi connectivity index (χ4n) is 6.34. The van der Waals surface area contributed by atoms with Crippen LogP contribution in [0.3, 0.4) is 0 Å². The lowest BCUT2D eigenvalue weighted by Gasteiger charge is -2.34. The predicted octanol–water partition coefficient (Wildman–Crippen LogP) is 4.71. The van der Waals surface area contributed by atoms with Gasteiger partial charge >= 0.3 is 0 Å². The lowest BCUT2D eigenvalue weighted by Crippen LogP contribution is -2.55. The van der Waals surface area contributed by atoms with Crippen LogP contribution in [-0.4, -0.2) is 72.0 Å². The third kappa shape index (κ3) is 9.95. The van der Waals surface area contributed by atoms with Crippen LogP contribution in [0.15, 0.2) is 85.1 Å². The van der Waals surface area contributed by atoms with Crippen LogP contribution in [0.5, 0.6) is 5.75 Å². The summed E-state index contributed by atoms with van der Waals surface area (Å²) in [5, 5.41) is 28.4. The zero-order valence-corrected chi connectivity index (χ0v) is 30.7. The van der Waals surface area contributed by atoms with Gasteiger partial charge in [0.1, 0.15) is 35.9 Å². The molecule has 0 fully saturated rings. The number of aliphatic hydroxyl groups excluding tert-OH is 2. The van der Waals surface area contributed by atoms with Gasteiger partial charge in [0, 0.05) is 37.3 Å². The lowest BCUT2D eigenvalue weighted by molar-refractivity contribution is -0.128. The van der Waals surface area contributed by atoms with Gasteiger partial charge in [-0.2, -0.15) is 0 Å². The fraction of sp³-hybridized carbons (Fsp3) is 0.390. The summed E-state index contributed by atoms with van der Waals surface area (Å²) in [6.07, 6.45) is -0.778. The molecule has 0 saturated carbocycles. The van der Waals surface area contributed by atoms with Crippen molar-refractivity contribution in [2.45, 2.75) is 70.4 Å². The van der Waals surface area contributed by atoms with E-state index < -0.39 is 65.1 Å². The molecule has 0 aliphatic carbocycles. The molecular weight excluding hydrogens is 680 g/mol. The molecule has 0 radical (unpaired) electrons. The van der Waals surface area contributed by atoms with E-state index in [1.807, 2.05) is 76.2 Å². The van der Waals surface area contributed by atoms with E-state index in [-0.39, 0.29) is 37.0 Å². The van der Waals surface area contributed by atoms with Crippen LogP contribution in [0.4, 0.5) is 14.6 Å². The Kier molecular flexibility index (Phi) is 12.5. The minimum atomic E-state index is -1.29. The Hall–Kier alpha value is -4.91. The van der Waals surface area contributed by atoms with E-state index in [9.17, 15) is 28.6 Å². The minimum Gasteiger partial charge on any atom is -0.490 e. The van der Waals surface area contributed by atoms with Crippen molar-refractivity contribution in [1.82, 2.24) is 15.6 Å². The standard InChI is InChI=1S/C41H49F2N5O5/c1-41(2,3)38(44)40(52)46-32(18-24-10-12-25(13-11-24)27-14-17-36(45-22-27)48(4)5)33(49)20-28(19-26-8-6-7-9-31(26)43)39(51)47-37-30-21-29(42)15-16-35(30)53-23-34(37)50/h6-17,21-22,28,32-34,37-38,49-50H,18-20,23,44H2,1-5H3,(H,46,52)(H,47,51). The van der Waals surface area contributed by atoms with Crippen molar-refractivity contribution in [3.63, 3.8) is 0 Å². The summed E-state index contributed by atoms with van der Waals surface area (Å²) in [7, 11) is 3.84. The summed E-state index contributed by atoms with van der Waals surface area (Å²) in [6.45, 7) is 5.38. The summed E-state index contributed by atoms with van der Waals surface area (Å²) in [5.74, 6) is -2.03. The molecule has 0 bridgehead atoms. The van der Waals surface area contributed by atoms with Crippen LogP contribution in [-0.2, 0) is 22.4 Å². The summed E-state index contributed by atoms with van der Waals surface area (Å²) in [4.78, 5) is 33.9. The van der Waals surface area contributed by atoms with Gasteiger partial charge in [-0.1, -0.05) is 63.2 Å². The molecule has 2 amide bonds. The van der Waals surface area contributed by atoms with Crippen LogP contribution in [0.1, 0.15) is 49.9 Å². The van der Waals surface area contributed by atoms with Gasteiger partial charge in [0.15, 0.2) is 0 Å². The van der Waals surface area contributed by atoms with E-state index >= 15 is 0 Å². The number of ether oxygens (including phenoxy) is 1. The molecule has 0 spiro atoms. The maximum absolute atomic E-state index is 15.0. The van der Waals surface area contributed by atoms with Gasteiger partial charge in [-0.3, -0.25) is 9.59 Å². The first-order chi connectivity index (χ1) is 25.1. The molecule has 3 aromatic carbocycles. The number of aromatic nitrogens is 1. The third-order valence-corrected chi connectivity index (χ3v) is 9.68. The molecule has 5 rings (SSSR count). The Morgan fingerprint density at radius 2 is 1.68 bits per heavy atom. The topological polar surface area (TPSA) is 150 Å². The first kappa shape index (κ1) is 39.3. The number of pyridine rings is 1. The molecule has 1 aliphatic rings. The van der Waals surface area contributed by atoms with E-state index in [1.165, 1.54) is 30.3 Å². The molecule has 2 heterocycles. The molecule has 53 heavy (non-hydrogen) atoms. The number of nitrogens with two attached hydrogens (primary N) is 1. The molecule has 6 N–H and O–H groups in total. The van der Waals surface area contributed by atoms with Crippen molar-refractivity contribution in [2.24, 2.45) is 17.1 Å². The van der Waals surface area contributed by atoms with Gasteiger partial charge in [0.2, 0.25) is 11.8 Å². The second-order valence-electron chi connectivity index (χ2n) is 15.0. The van der Waals surface area contributed by atoms with Crippen molar-refractivity contribution in [3.8, 4) is 16.9 Å². The van der Waals surface area contributed by atoms with E-state index in [1.54, 1.807) is 18.3 Å². The first-order valence-electron chi connectivity index (χ1n) is 17.7. The van der Waals surface area contributed by atoms with E-state index in [2.05, 4.69) is 15.6 Å². The monoisotopic (exact) mass is 729 g/mol. The molecule has 10 nitrogen and oxygen atoms in total. The molecule has 4 aromatic rings. The van der Waals surface area contributed by atoms with E-state index in [0.29, 0.717) is 5.75 Å². The smallest absolute Gasteiger partial charge is 0.237 e. The Balaban J connectivity index is 1.41. The van der Waals surface area contributed by atoms with Gasteiger partial charge in [-0.15, -0.1) is 0 Å². The molecule has 1 aliphatic heterocycles. The molecule has 0 saturated heterocycles. The first-order valence-corrected chi connectivity index (χ1v) is 17.7. The molecule has 6 unspecified atom stereocenters. The van der Waals surface area contributed by atoms with Gasteiger partial charge in [0.25, 0.3) is 0 Å².